The third kappa shape index (κ3) is 2.84. The zero-order valence-corrected chi connectivity index (χ0v) is 9.58. The molecule has 2 heterocycles. The summed E-state index contributed by atoms with van der Waals surface area (Å²) in [5.41, 5.74) is 0. The molecule has 80 valence electrons. The maximum Gasteiger partial charge on any atom is 0.188 e. The van der Waals surface area contributed by atoms with Crippen LogP contribution in [0.15, 0.2) is 12.1 Å². The minimum absolute atomic E-state index is 0.658. The van der Waals surface area contributed by atoms with E-state index in [0.29, 0.717) is 6.54 Å². The Labute approximate surface area is 92.1 Å². The Bertz CT molecular complexity index is 393. The van der Waals surface area contributed by atoms with E-state index in [2.05, 4.69) is 39.8 Å². The predicted molar refractivity (Wildman–Crippen MR) is 58.4 cm³/mol. The van der Waals surface area contributed by atoms with Gasteiger partial charge in [-0.2, -0.15) is 4.80 Å². The summed E-state index contributed by atoms with van der Waals surface area (Å²) in [5.74, 6) is 0.728. The number of thiophene rings is 1. The van der Waals surface area contributed by atoms with Gasteiger partial charge in [-0.3, -0.25) is 0 Å². The highest BCUT2D eigenvalue weighted by molar-refractivity contribution is 7.11. The number of nitrogens with zero attached hydrogens (tertiary/aromatic N) is 4. The average Bonchev–Trinajstić information content (AvgIpc) is 2.76. The van der Waals surface area contributed by atoms with Crippen LogP contribution in [0.2, 0.25) is 0 Å². The van der Waals surface area contributed by atoms with Gasteiger partial charge >= 0.3 is 0 Å². The molecule has 0 unspecified atom stereocenters. The van der Waals surface area contributed by atoms with Crippen molar-refractivity contribution in [1.29, 1.82) is 0 Å². The second kappa shape index (κ2) is 4.50. The van der Waals surface area contributed by atoms with Gasteiger partial charge in [0.2, 0.25) is 0 Å². The van der Waals surface area contributed by atoms with Gasteiger partial charge in [-0.25, -0.2) is 0 Å². The smallest absolute Gasteiger partial charge is 0.188 e. The van der Waals surface area contributed by atoms with Crippen LogP contribution in [0, 0.1) is 6.92 Å². The molecular formula is C9H13N5S. The Morgan fingerprint density at radius 3 is 2.87 bits per heavy atom. The van der Waals surface area contributed by atoms with E-state index in [1.54, 1.807) is 18.4 Å². The summed E-state index contributed by atoms with van der Waals surface area (Å²) in [5, 5.41) is 15.0. The first-order chi connectivity index (χ1) is 7.24. The maximum atomic E-state index is 4.08. The molecule has 0 saturated heterocycles. The molecular weight excluding hydrogens is 210 g/mol. The Kier molecular flexibility index (Phi) is 3.08. The predicted octanol–water partition coefficient (Wildman–Crippen LogP) is 0.870. The van der Waals surface area contributed by atoms with Crippen LogP contribution in [0.3, 0.4) is 0 Å². The van der Waals surface area contributed by atoms with Crippen molar-refractivity contribution >= 4 is 11.3 Å². The summed E-state index contributed by atoms with van der Waals surface area (Å²) in [7, 11) is 1.76. The van der Waals surface area contributed by atoms with Crippen LogP contribution >= 0.6 is 11.3 Å². The summed E-state index contributed by atoms with van der Waals surface area (Å²) in [6.07, 6.45) is 0. The highest BCUT2D eigenvalue weighted by Gasteiger charge is 2.00. The quantitative estimate of drug-likeness (QED) is 0.835. The van der Waals surface area contributed by atoms with Gasteiger partial charge in [-0.15, -0.1) is 21.5 Å². The normalized spacial score (nSPS) is 10.8. The lowest BCUT2D eigenvalue weighted by Gasteiger charge is -1.97. The topological polar surface area (TPSA) is 55.6 Å². The van der Waals surface area contributed by atoms with Gasteiger partial charge in [0, 0.05) is 16.3 Å². The molecule has 0 saturated carbocycles. The second-order valence-corrected chi connectivity index (χ2v) is 4.68. The Balaban J connectivity index is 1.80. The molecule has 2 aromatic heterocycles. The Hall–Kier alpha value is -1.27. The molecule has 0 amide bonds. The molecule has 0 aliphatic rings. The van der Waals surface area contributed by atoms with Gasteiger partial charge in [0.05, 0.1) is 13.6 Å². The van der Waals surface area contributed by atoms with E-state index in [4.69, 9.17) is 0 Å². The zero-order chi connectivity index (χ0) is 10.7. The van der Waals surface area contributed by atoms with Crippen LogP contribution in [0.5, 0.6) is 0 Å². The molecule has 0 spiro atoms. The molecule has 0 radical (unpaired) electrons. The number of hydrogen-bond acceptors (Lipinski definition) is 5. The number of tetrazole rings is 1. The molecule has 0 aliphatic heterocycles. The summed E-state index contributed by atoms with van der Waals surface area (Å²) in [6.45, 7) is 3.62. The summed E-state index contributed by atoms with van der Waals surface area (Å²) >= 11 is 1.80. The maximum absolute atomic E-state index is 4.08. The molecule has 15 heavy (non-hydrogen) atoms. The first kappa shape index (κ1) is 10.3. The molecule has 6 heteroatoms. The number of aromatic nitrogens is 4. The zero-order valence-electron chi connectivity index (χ0n) is 8.77. The monoisotopic (exact) mass is 223 g/mol. The third-order valence-electron chi connectivity index (χ3n) is 1.93. The fraction of sp³-hybridized carbons (Fsp3) is 0.444. The lowest BCUT2D eigenvalue weighted by atomic mass is 10.4. The van der Waals surface area contributed by atoms with Crippen LogP contribution in [0.1, 0.15) is 15.6 Å². The van der Waals surface area contributed by atoms with E-state index in [1.807, 2.05) is 0 Å². The molecule has 0 aromatic carbocycles. The van der Waals surface area contributed by atoms with Crippen molar-refractivity contribution in [2.75, 3.05) is 0 Å². The lowest BCUT2D eigenvalue weighted by molar-refractivity contribution is 0.620. The van der Waals surface area contributed by atoms with Crippen LogP contribution in [0.25, 0.3) is 0 Å². The highest BCUT2D eigenvalue weighted by atomic mass is 32.1. The molecule has 2 rings (SSSR count). The van der Waals surface area contributed by atoms with E-state index < -0.39 is 0 Å². The van der Waals surface area contributed by atoms with Gasteiger partial charge in [-0.05, 0) is 24.3 Å². The standard InChI is InChI=1S/C9H13N5S/c1-7-3-4-8(15-7)5-10-6-9-11-13-14(2)12-9/h3-4,10H,5-6H2,1-2H3. The first-order valence-electron chi connectivity index (χ1n) is 4.73. The SMILES string of the molecule is Cc1ccc(CNCc2nnn(C)n2)s1. The summed E-state index contributed by atoms with van der Waals surface area (Å²) < 4.78 is 0. The van der Waals surface area contributed by atoms with Crippen molar-refractivity contribution in [3.05, 3.63) is 27.7 Å². The van der Waals surface area contributed by atoms with Crippen LogP contribution < -0.4 is 5.32 Å². The summed E-state index contributed by atoms with van der Waals surface area (Å²) in [4.78, 5) is 4.13. The number of nitrogens with one attached hydrogen (secondary N) is 1. The minimum Gasteiger partial charge on any atom is -0.305 e. The van der Waals surface area contributed by atoms with Crippen LogP contribution in [-0.4, -0.2) is 20.2 Å². The van der Waals surface area contributed by atoms with Crippen molar-refractivity contribution in [3.63, 3.8) is 0 Å². The molecule has 0 aliphatic carbocycles. The van der Waals surface area contributed by atoms with Gasteiger partial charge < -0.3 is 5.32 Å². The third-order valence-corrected chi connectivity index (χ3v) is 2.93. The van der Waals surface area contributed by atoms with Crippen molar-refractivity contribution in [2.45, 2.75) is 20.0 Å². The van der Waals surface area contributed by atoms with Crippen molar-refractivity contribution in [1.82, 2.24) is 25.5 Å². The molecule has 0 atom stereocenters. The van der Waals surface area contributed by atoms with E-state index >= 15 is 0 Å². The average molecular weight is 223 g/mol. The van der Waals surface area contributed by atoms with Gasteiger partial charge in [0.1, 0.15) is 0 Å². The van der Waals surface area contributed by atoms with E-state index in [1.165, 1.54) is 14.6 Å². The van der Waals surface area contributed by atoms with E-state index in [9.17, 15) is 0 Å². The first-order valence-corrected chi connectivity index (χ1v) is 5.54. The van der Waals surface area contributed by atoms with Gasteiger partial charge in [0.15, 0.2) is 5.82 Å². The van der Waals surface area contributed by atoms with Crippen molar-refractivity contribution < 1.29 is 0 Å². The minimum atomic E-state index is 0.658. The number of aryl methyl sites for hydroxylation is 2. The van der Waals surface area contributed by atoms with Crippen LogP contribution in [-0.2, 0) is 20.1 Å². The van der Waals surface area contributed by atoms with E-state index in [-0.39, 0.29) is 0 Å². The Morgan fingerprint density at radius 2 is 2.27 bits per heavy atom. The van der Waals surface area contributed by atoms with Gasteiger partial charge in [0.25, 0.3) is 0 Å². The number of hydrogen-bond donors (Lipinski definition) is 1. The van der Waals surface area contributed by atoms with Crippen molar-refractivity contribution in [2.24, 2.45) is 7.05 Å². The summed E-state index contributed by atoms with van der Waals surface area (Å²) in [6, 6.07) is 4.26. The van der Waals surface area contributed by atoms with Gasteiger partial charge in [-0.1, -0.05) is 0 Å². The molecule has 0 fully saturated rings. The largest absolute Gasteiger partial charge is 0.305 e. The highest BCUT2D eigenvalue weighted by Crippen LogP contribution is 2.14. The molecule has 2 aromatic rings. The molecule has 0 bridgehead atoms. The number of rotatable bonds is 4. The fourth-order valence-electron chi connectivity index (χ4n) is 1.27. The second-order valence-electron chi connectivity index (χ2n) is 3.31. The fourth-order valence-corrected chi connectivity index (χ4v) is 2.13. The van der Waals surface area contributed by atoms with Crippen molar-refractivity contribution in [3.8, 4) is 0 Å². The molecule has 1 N–H and O–H groups in total. The van der Waals surface area contributed by atoms with Crippen LogP contribution in [0.4, 0.5) is 0 Å². The Morgan fingerprint density at radius 1 is 1.40 bits per heavy atom. The lowest BCUT2D eigenvalue weighted by Crippen LogP contribution is -2.13. The van der Waals surface area contributed by atoms with E-state index in [0.717, 1.165) is 12.4 Å². The molecule has 5 nitrogen and oxygen atoms in total.